The third-order valence-corrected chi connectivity index (χ3v) is 5.97. The number of ketones is 1. The number of fused-ring (bicyclic) bond motifs is 1. The maximum absolute atomic E-state index is 12.6. The topological polar surface area (TPSA) is 17.1 Å². The number of carbonyl (C=O) groups excluding carboxylic acids is 1. The Labute approximate surface area is 125 Å². The first kappa shape index (κ1) is 13.1. The van der Waals surface area contributed by atoms with E-state index >= 15 is 0 Å². The first-order valence-corrected chi connectivity index (χ1v) is 8.13. The number of benzene rings is 1. The summed E-state index contributed by atoms with van der Waals surface area (Å²) < 4.78 is 1.05. The largest absolute Gasteiger partial charge is 0.293 e. The van der Waals surface area contributed by atoms with Gasteiger partial charge in [-0.25, -0.2) is 0 Å². The maximum atomic E-state index is 12.6. The van der Waals surface area contributed by atoms with Gasteiger partial charge in [0.1, 0.15) is 0 Å². The van der Waals surface area contributed by atoms with Crippen LogP contribution in [-0.4, -0.2) is 5.78 Å². The van der Waals surface area contributed by atoms with Gasteiger partial charge in [0, 0.05) is 15.3 Å². The molecule has 0 amide bonds. The quantitative estimate of drug-likeness (QED) is 0.720. The van der Waals surface area contributed by atoms with Gasteiger partial charge in [0.25, 0.3) is 0 Å². The molecule has 1 atom stereocenters. The number of carbonyl (C=O) groups is 1. The molecule has 1 nitrogen and oxygen atoms in total. The number of Topliss-reactive ketones (excluding diaryl/α,β-unsaturated/α-hetero) is 1. The first-order valence-electron chi connectivity index (χ1n) is 6.52. The lowest BCUT2D eigenvalue weighted by Crippen LogP contribution is -2.22. The van der Waals surface area contributed by atoms with E-state index in [9.17, 15) is 4.79 Å². The summed E-state index contributed by atoms with van der Waals surface area (Å²) >= 11 is 5.09. The molecular formula is C16H15BrOS. The molecule has 0 spiro atoms. The van der Waals surface area contributed by atoms with Crippen LogP contribution >= 0.6 is 27.3 Å². The molecule has 3 heteroatoms. The fraction of sp³-hybridized carbons (Fsp3) is 0.312. The Balaban J connectivity index is 1.83. The predicted molar refractivity (Wildman–Crippen MR) is 83.0 cm³/mol. The van der Waals surface area contributed by atoms with E-state index in [2.05, 4.69) is 40.2 Å². The van der Waals surface area contributed by atoms with E-state index in [4.69, 9.17) is 0 Å². The van der Waals surface area contributed by atoms with Crippen molar-refractivity contribution in [3.05, 3.63) is 55.7 Å². The molecule has 1 aromatic heterocycles. The highest BCUT2D eigenvalue weighted by molar-refractivity contribution is 9.10. The predicted octanol–water partition coefficient (Wildman–Crippen LogP) is 4.81. The zero-order valence-electron chi connectivity index (χ0n) is 10.8. The van der Waals surface area contributed by atoms with Crippen molar-refractivity contribution in [2.45, 2.75) is 26.2 Å². The molecule has 0 saturated heterocycles. The second kappa shape index (κ2) is 5.22. The third kappa shape index (κ3) is 2.54. The summed E-state index contributed by atoms with van der Waals surface area (Å²) in [7, 11) is 0. The van der Waals surface area contributed by atoms with Gasteiger partial charge in [-0.15, -0.1) is 11.3 Å². The summed E-state index contributed by atoms with van der Waals surface area (Å²) in [5.41, 5.74) is 2.76. The van der Waals surface area contributed by atoms with Gasteiger partial charge in [-0.1, -0.05) is 24.3 Å². The van der Waals surface area contributed by atoms with Crippen LogP contribution in [0, 0.1) is 12.8 Å². The molecule has 1 aliphatic rings. The SMILES string of the molecule is Cc1sc(C(=O)C2CCc3ccccc3C2)cc1Br. The Kier molecular flexibility index (Phi) is 3.59. The summed E-state index contributed by atoms with van der Waals surface area (Å²) in [5, 5.41) is 0. The van der Waals surface area contributed by atoms with E-state index in [1.807, 2.05) is 13.0 Å². The van der Waals surface area contributed by atoms with Crippen molar-refractivity contribution in [1.82, 2.24) is 0 Å². The van der Waals surface area contributed by atoms with E-state index in [0.29, 0.717) is 5.78 Å². The van der Waals surface area contributed by atoms with E-state index in [1.54, 1.807) is 11.3 Å². The van der Waals surface area contributed by atoms with E-state index < -0.39 is 0 Å². The number of rotatable bonds is 2. The Hall–Kier alpha value is -0.930. The highest BCUT2D eigenvalue weighted by Crippen LogP contribution is 2.32. The second-order valence-electron chi connectivity index (χ2n) is 5.09. The molecule has 0 fully saturated rings. The fourth-order valence-corrected chi connectivity index (χ4v) is 4.26. The Morgan fingerprint density at radius 2 is 2.05 bits per heavy atom. The van der Waals surface area contributed by atoms with Crippen LogP contribution in [-0.2, 0) is 12.8 Å². The molecule has 0 bridgehead atoms. The number of halogens is 1. The van der Waals surface area contributed by atoms with E-state index in [0.717, 1.165) is 28.6 Å². The zero-order valence-corrected chi connectivity index (χ0v) is 13.2. The molecule has 1 heterocycles. The molecule has 3 rings (SSSR count). The molecular weight excluding hydrogens is 320 g/mol. The van der Waals surface area contributed by atoms with Crippen molar-refractivity contribution < 1.29 is 4.79 Å². The molecule has 1 unspecified atom stereocenters. The van der Waals surface area contributed by atoms with Crippen LogP contribution in [0.5, 0.6) is 0 Å². The molecule has 0 N–H and O–H groups in total. The lowest BCUT2D eigenvalue weighted by Gasteiger charge is -2.23. The second-order valence-corrected chi connectivity index (χ2v) is 7.20. The lowest BCUT2D eigenvalue weighted by atomic mass is 9.81. The molecule has 1 aromatic carbocycles. The third-order valence-electron chi connectivity index (χ3n) is 3.82. The summed E-state index contributed by atoms with van der Waals surface area (Å²) in [5.74, 6) is 0.466. The minimum absolute atomic E-state index is 0.153. The first-order chi connectivity index (χ1) is 9.15. The summed E-state index contributed by atoms with van der Waals surface area (Å²) in [6.07, 6.45) is 2.89. The molecule has 19 heavy (non-hydrogen) atoms. The van der Waals surface area contributed by atoms with Gasteiger partial charge in [-0.2, -0.15) is 0 Å². The van der Waals surface area contributed by atoms with Crippen LogP contribution in [0.2, 0.25) is 0 Å². The number of hydrogen-bond donors (Lipinski definition) is 0. The fourth-order valence-electron chi connectivity index (χ4n) is 2.70. The summed E-state index contributed by atoms with van der Waals surface area (Å²) in [6.45, 7) is 2.04. The van der Waals surface area contributed by atoms with Crippen molar-refractivity contribution in [1.29, 1.82) is 0 Å². The van der Waals surface area contributed by atoms with Crippen LogP contribution in [0.3, 0.4) is 0 Å². The van der Waals surface area contributed by atoms with Crippen molar-refractivity contribution in [2.24, 2.45) is 5.92 Å². The van der Waals surface area contributed by atoms with Gasteiger partial charge in [0.05, 0.1) is 4.88 Å². The molecule has 98 valence electrons. The number of aryl methyl sites for hydroxylation is 2. The minimum Gasteiger partial charge on any atom is -0.293 e. The monoisotopic (exact) mass is 334 g/mol. The average molecular weight is 335 g/mol. The van der Waals surface area contributed by atoms with Gasteiger partial charge in [-0.05, 0) is 59.3 Å². The van der Waals surface area contributed by atoms with Crippen molar-refractivity contribution >= 4 is 33.0 Å². The standard InChI is InChI=1S/C16H15BrOS/c1-10-14(17)9-15(19-10)16(18)13-7-6-11-4-2-3-5-12(11)8-13/h2-5,9,13H,6-8H2,1H3. The number of thiophene rings is 1. The van der Waals surface area contributed by atoms with E-state index in [-0.39, 0.29) is 5.92 Å². The van der Waals surface area contributed by atoms with Crippen LogP contribution < -0.4 is 0 Å². The summed E-state index contributed by atoms with van der Waals surface area (Å²) in [6, 6.07) is 10.5. The molecule has 1 aliphatic carbocycles. The summed E-state index contributed by atoms with van der Waals surface area (Å²) in [4.78, 5) is 14.6. The molecule has 0 radical (unpaired) electrons. The molecule has 0 saturated carbocycles. The van der Waals surface area contributed by atoms with Gasteiger partial charge in [-0.3, -0.25) is 4.79 Å². The highest BCUT2D eigenvalue weighted by atomic mass is 79.9. The Morgan fingerprint density at radius 3 is 2.74 bits per heavy atom. The minimum atomic E-state index is 0.153. The van der Waals surface area contributed by atoms with Crippen molar-refractivity contribution in [3.63, 3.8) is 0 Å². The Bertz CT molecular complexity index is 610. The van der Waals surface area contributed by atoms with Crippen LogP contribution in [0.15, 0.2) is 34.8 Å². The Morgan fingerprint density at radius 1 is 1.32 bits per heavy atom. The molecule has 2 aromatic rings. The normalized spacial score (nSPS) is 18.1. The van der Waals surface area contributed by atoms with Gasteiger partial charge < -0.3 is 0 Å². The van der Waals surface area contributed by atoms with Crippen LogP contribution in [0.1, 0.15) is 32.1 Å². The van der Waals surface area contributed by atoms with Gasteiger partial charge >= 0.3 is 0 Å². The zero-order chi connectivity index (χ0) is 13.4. The highest BCUT2D eigenvalue weighted by Gasteiger charge is 2.26. The maximum Gasteiger partial charge on any atom is 0.176 e. The van der Waals surface area contributed by atoms with E-state index in [1.165, 1.54) is 16.0 Å². The van der Waals surface area contributed by atoms with Gasteiger partial charge in [0.15, 0.2) is 5.78 Å². The smallest absolute Gasteiger partial charge is 0.176 e. The van der Waals surface area contributed by atoms with Crippen molar-refractivity contribution in [2.75, 3.05) is 0 Å². The van der Waals surface area contributed by atoms with Gasteiger partial charge in [0.2, 0.25) is 0 Å². The van der Waals surface area contributed by atoms with Crippen molar-refractivity contribution in [3.8, 4) is 0 Å². The average Bonchev–Trinajstić information content (AvgIpc) is 2.77. The lowest BCUT2D eigenvalue weighted by molar-refractivity contribution is 0.0913. The molecule has 0 aliphatic heterocycles. The number of hydrogen-bond acceptors (Lipinski definition) is 2. The van der Waals surface area contributed by atoms with Crippen LogP contribution in [0.4, 0.5) is 0 Å². The van der Waals surface area contributed by atoms with Crippen LogP contribution in [0.25, 0.3) is 0 Å².